The van der Waals surface area contributed by atoms with E-state index in [1.54, 1.807) is 39.5 Å². The number of amides is 1. The molecular formula is C26H33N3O4S. The van der Waals surface area contributed by atoms with Crippen LogP contribution in [0.5, 0.6) is 17.2 Å². The van der Waals surface area contributed by atoms with Gasteiger partial charge in [-0.2, -0.15) is 0 Å². The van der Waals surface area contributed by atoms with Crippen LogP contribution < -0.4 is 19.5 Å². The van der Waals surface area contributed by atoms with Gasteiger partial charge in [0.1, 0.15) is 17.2 Å². The molecule has 2 aliphatic rings. The molecule has 2 fully saturated rings. The maximum Gasteiger partial charge on any atom is 0.257 e. The second-order valence-corrected chi connectivity index (χ2v) is 9.39. The van der Waals surface area contributed by atoms with Crippen LogP contribution in [-0.2, 0) is 6.54 Å². The number of carbonyl (C=O) groups is 1. The molecule has 1 spiro atoms. The molecule has 2 saturated heterocycles. The molecule has 1 amide bonds. The number of likely N-dealkylation sites (tertiary alicyclic amines) is 2. The topological polar surface area (TPSA) is 63.3 Å². The van der Waals surface area contributed by atoms with E-state index in [1.165, 1.54) is 0 Å². The van der Waals surface area contributed by atoms with E-state index in [4.69, 9.17) is 26.4 Å². The first-order chi connectivity index (χ1) is 16.5. The maximum absolute atomic E-state index is 13.2. The highest BCUT2D eigenvalue weighted by Crippen LogP contribution is 2.41. The molecule has 0 unspecified atom stereocenters. The molecule has 182 valence electrons. The monoisotopic (exact) mass is 483 g/mol. The molecule has 0 radical (unpaired) electrons. The molecule has 1 N–H and O–H groups in total. The van der Waals surface area contributed by atoms with E-state index in [0.717, 1.165) is 61.9 Å². The number of hydrogen-bond acceptors (Lipinski definition) is 5. The highest BCUT2D eigenvalue weighted by atomic mass is 32.1. The Morgan fingerprint density at radius 2 is 1.62 bits per heavy atom. The van der Waals surface area contributed by atoms with Crippen LogP contribution in [-0.4, -0.2) is 68.3 Å². The summed E-state index contributed by atoms with van der Waals surface area (Å²) in [5.41, 5.74) is 1.83. The van der Waals surface area contributed by atoms with Crippen molar-refractivity contribution in [3.8, 4) is 17.2 Å². The minimum absolute atomic E-state index is 0.00514. The summed E-state index contributed by atoms with van der Waals surface area (Å²) in [5.74, 6) is 2.08. The highest BCUT2D eigenvalue weighted by Gasteiger charge is 2.42. The molecule has 4 rings (SSSR count). The molecule has 2 aromatic rings. The molecule has 0 bridgehead atoms. The number of ether oxygens (including phenoxy) is 3. The van der Waals surface area contributed by atoms with Crippen molar-refractivity contribution in [2.45, 2.75) is 25.8 Å². The van der Waals surface area contributed by atoms with Crippen molar-refractivity contribution in [3.05, 3.63) is 53.6 Å². The van der Waals surface area contributed by atoms with E-state index >= 15 is 0 Å². The lowest BCUT2D eigenvalue weighted by Gasteiger charge is -2.39. The molecule has 8 heteroatoms. The Hall–Kier alpha value is -3.00. The first-order valence-corrected chi connectivity index (χ1v) is 12.1. The number of methoxy groups -OCH3 is 3. The summed E-state index contributed by atoms with van der Waals surface area (Å²) in [4.78, 5) is 17.4. The summed E-state index contributed by atoms with van der Waals surface area (Å²) in [6.45, 7) is 3.96. The van der Waals surface area contributed by atoms with E-state index in [0.29, 0.717) is 23.6 Å². The third-order valence-electron chi connectivity index (χ3n) is 7.10. The van der Waals surface area contributed by atoms with E-state index in [2.05, 4.69) is 10.2 Å². The fourth-order valence-corrected chi connectivity index (χ4v) is 5.21. The van der Waals surface area contributed by atoms with Crippen molar-refractivity contribution in [2.24, 2.45) is 5.41 Å². The van der Waals surface area contributed by atoms with Crippen LogP contribution in [0.25, 0.3) is 0 Å². The van der Waals surface area contributed by atoms with Gasteiger partial charge in [-0.1, -0.05) is 18.2 Å². The molecule has 34 heavy (non-hydrogen) atoms. The Morgan fingerprint density at radius 3 is 2.29 bits per heavy atom. The summed E-state index contributed by atoms with van der Waals surface area (Å²) >= 11 is 5.71. The van der Waals surface area contributed by atoms with Crippen molar-refractivity contribution in [1.29, 1.82) is 0 Å². The van der Waals surface area contributed by atoms with Gasteiger partial charge < -0.3 is 29.3 Å². The van der Waals surface area contributed by atoms with Gasteiger partial charge in [-0.15, -0.1) is 0 Å². The van der Waals surface area contributed by atoms with Crippen molar-refractivity contribution in [2.75, 3.05) is 47.5 Å². The number of rotatable bonds is 6. The number of nitrogens with zero attached hydrogens (tertiary/aromatic N) is 2. The number of carbonyl (C=O) groups excluding carboxylic acids is 1. The van der Waals surface area contributed by atoms with Crippen LogP contribution in [0.2, 0.25) is 0 Å². The number of hydrogen-bond donors (Lipinski definition) is 1. The number of thiocarbonyl (C=S) groups is 1. The summed E-state index contributed by atoms with van der Waals surface area (Å²) < 4.78 is 16.2. The smallest absolute Gasteiger partial charge is 0.257 e. The Balaban J connectivity index is 1.32. The van der Waals surface area contributed by atoms with Crippen molar-refractivity contribution in [1.82, 2.24) is 15.1 Å². The summed E-state index contributed by atoms with van der Waals surface area (Å²) in [6.07, 6.45) is 3.03. The fourth-order valence-electron chi connectivity index (χ4n) is 4.98. The maximum atomic E-state index is 13.2. The van der Waals surface area contributed by atoms with Gasteiger partial charge in [0.2, 0.25) is 0 Å². The predicted molar refractivity (Wildman–Crippen MR) is 136 cm³/mol. The van der Waals surface area contributed by atoms with Crippen molar-refractivity contribution >= 4 is 23.2 Å². The summed E-state index contributed by atoms with van der Waals surface area (Å²) in [5, 5.41) is 4.18. The van der Waals surface area contributed by atoms with E-state index < -0.39 is 0 Å². The Bertz CT molecular complexity index is 1040. The van der Waals surface area contributed by atoms with Crippen molar-refractivity contribution < 1.29 is 19.0 Å². The van der Waals surface area contributed by atoms with Crippen LogP contribution >= 0.6 is 12.2 Å². The van der Waals surface area contributed by atoms with Crippen LogP contribution in [0.15, 0.2) is 42.5 Å². The van der Waals surface area contributed by atoms with Crippen molar-refractivity contribution in [3.63, 3.8) is 0 Å². The molecule has 2 heterocycles. The normalized spacial score (nSPS) is 16.9. The van der Waals surface area contributed by atoms with E-state index in [9.17, 15) is 4.79 Å². The van der Waals surface area contributed by atoms with Gasteiger partial charge in [-0.3, -0.25) is 4.79 Å². The molecule has 2 aliphatic heterocycles. The van der Waals surface area contributed by atoms with Crippen LogP contribution in [0.3, 0.4) is 0 Å². The SMILES string of the molecule is COc1ccc(OC)c(C(=O)N2CCC3(CC2)CCN(C(=S)NCc2ccccc2OC)C3)c1. The molecule has 2 aromatic carbocycles. The number of piperidine rings is 1. The Morgan fingerprint density at radius 1 is 0.941 bits per heavy atom. The lowest BCUT2D eigenvalue weighted by atomic mass is 9.77. The van der Waals surface area contributed by atoms with E-state index in [-0.39, 0.29) is 11.3 Å². The molecular weight excluding hydrogens is 450 g/mol. The summed E-state index contributed by atoms with van der Waals surface area (Å²) in [6, 6.07) is 13.3. The van der Waals surface area contributed by atoms with E-state index in [1.807, 2.05) is 29.2 Å². The Kier molecular flexibility index (Phi) is 7.46. The molecule has 0 aliphatic carbocycles. The zero-order chi connectivity index (χ0) is 24.1. The number of nitrogens with one attached hydrogen (secondary N) is 1. The van der Waals surface area contributed by atoms with Gasteiger partial charge in [0.15, 0.2) is 5.11 Å². The molecule has 0 atom stereocenters. The van der Waals surface area contributed by atoms with Crippen LogP contribution in [0.1, 0.15) is 35.2 Å². The highest BCUT2D eigenvalue weighted by molar-refractivity contribution is 7.80. The minimum Gasteiger partial charge on any atom is -0.497 e. The average Bonchev–Trinajstić information content (AvgIpc) is 3.30. The lowest BCUT2D eigenvalue weighted by molar-refractivity contribution is 0.0595. The van der Waals surface area contributed by atoms with Gasteiger partial charge in [-0.25, -0.2) is 0 Å². The van der Waals surface area contributed by atoms with Gasteiger partial charge in [-0.05, 0) is 61.2 Å². The lowest BCUT2D eigenvalue weighted by Crippen LogP contribution is -2.45. The summed E-state index contributed by atoms with van der Waals surface area (Å²) in [7, 11) is 4.87. The van der Waals surface area contributed by atoms with Gasteiger partial charge in [0, 0.05) is 38.3 Å². The van der Waals surface area contributed by atoms with Gasteiger partial charge in [0.05, 0.1) is 26.9 Å². The van der Waals surface area contributed by atoms with Crippen LogP contribution in [0.4, 0.5) is 0 Å². The minimum atomic E-state index is -0.00514. The third kappa shape index (κ3) is 5.06. The van der Waals surface area contributed by atoms with Crippen LogP contribution in [0, 0.1) is 5.41 Å². The van der Waals surface area contributed by atoms with Gasteiger partial charge in [0.25, 0.3) is 5.91 Å². The second kappa shape index (κ2) is 10.5. The average molecular weight is 484 g/mol. The fraction of sp³-hybridized carbons (Fsp3) is 0.462. The standard InChI is InChI=1S/C26H33N3O4S/c1-31-20-8-9-23(33-3)21(16-20)24(30)28-13-10-26(11-14-28)12-15-29(18-26)25(34)27-17-19-6-4-5-7-22(19)32-2/h4-9,16H,10-15,17-18H2,1-3H3,(H,27,34). The molecule has 7 nitrogen and oxygen atoms in total. The number of para-hydroxylation sites is 1. The zero-order valence-electron chi connectivity index (χ0n) is 20.1. The first kappa shape index (κ1) is 24.1. The zero-order valence-corrected chi connectivity index (χ0v) is 21.0. The third-order valence-corrected chi connectivity index (χ3v) is 7.50. The quantitative estimate of drug-likeness (QED) is 0.629. The Labute approximate surface area is 207 Å². The molecule has 0 saturated carbocycles. The molecule has 0 aromatic heterocycles. The number of benzene rings is 2. The first-order valence-electron chi connectivity index (χ1n) is 11.6. The second-order valence-electron chi connectivity index (χ2n) is 9.00. The predicted octanol–water partition coefficient (Wildman–Crippen LogP) is 3.72. The largest absolute Gasteiger partial charge is 0.497 e. The van der Waals surface area contributed by atoms with Gasteiger partial charge >= 0.3 is 0 Å².